The molecule has 5 heteroatoms. The zero-order chi connectivity index (χ0) is 18.8. The van der Waals surface area contributed by atoms with E-state index >= 15 is 0 Å². The van der Waals surface area contributed by atoms with Gasteiger partial charge in [0.15, 0.2) is 0 Å². The molecule has 0 radical (unpaired) electrons. The van der Waals surface area contributed by atoms with Crippen molar-refractivity contribution in [2.45, 2.75) is 41.0 Å². The highest BCUT2D eigenvalue weighted by Gasteiger charge is 2.14. The summed E-state index contributed by atoms with van der Waals surface area (Å²) in [4.78, 5) is 12.4. The van der Waals surface area contributed by atoms with Crippen LogP contribution < -0.4 is 5.32 Å². The highest BCUT2D eigenvalue weighted by molar-refractivity contribution is 5.90. The molecule has 0 spiro atoms. The molecule has 26 heavy (non-hydrogen) atoms. The van der Waals surface area contributed by atoms with Crippen LogP contribution in [0.15, 0.2) is 34.7 Å². The van der Waals surface area contributed by atoms with Crippen molar-refractivity contribution in [1.29, 1.82) is 0 Å². The summed E-state index contributed by atoms with van der Waals surface area (Å²) in [5, 5.41) is 10.7. The number of hydrogen-bond donors (Lipinski definition) is 1. The molecule has 5 nitrogen and oxygen atoms in total. The number of carbonyl (C=O) groups excluding carboxylic acids is 1. The molecule has 3 aromatic rings. The summed E-state index contributed by atoms with van der Waals surface area (Å²) in [5.74, 6) is 0.224. The van der Waals surface area contributed by atoms with Crippen LogP contribution in [0.1, 0.15) is 33.4 Å². The predicted octanol–water partition coefficient (Wildman–Crippen LogP) is 4.46. The Kier molecular flexibility index (Phi) is 4.89. The van der Waals surface area contributed by atoms with Gasteiger partial charge in [0.05, 0.1) is 6.42 Å². The van der Waals surface area contributed by atoms with Crippen LogP contribution in [-0.4, -0.2) is 16.1 Å². The summed E-state index contributed by atoms with van der Waals surface area (Å²) in [6.07, 6.45) is 0.277. The average molecular weight is 349 g/mol. The minimum absolute atomic E-state index is 0.116. The van der Waals surface area contributed by atoms with Crippen molar-refractivity contribution in [3.8, 4) is 11.5 Å². The van der Waals surface area contributed by atoms with Crippen molar-refractivity contribution in [3.63, 3.8) is 0 Å². The van der Waals surface area contributed by atoms with Gasteiger partial charge >= 0.3 is 6.01 Å². The average Bonchev–Trinajstić information content (AvgIpc) is 3.02. The number of amides is 1. The van der Waals surface area contributed by atoms with Gasteiger partial charge in [-0.05, 0) is 74.6 Å². The number of aryl methyl sites for hydroxylation is 5. The third-order valence-electron chi connectivity index (χ3n) is 4.60. The van der Waals surface area contributed by atoms with Gasteiger partial charge in [-0.1, -0.05) is 28.9 Å². The van der Waals surface area contributed by atoms with Gasteiger partial charge < -0.3 is 4.42 Å². The van der Waals surface area contributed by atoms with E-state index in [4.69, 9.17) is 4.42 Å². The first-order valence-electron chi connectivity index (χ1n) is 8.61. The lowest BCUT2D eigenvalue weighted by molar-refractivity contribution is -0.115. The largest absolute Gasteiger partial charge is 0.403 e. The zero-order valence-corrected chi connectivity index (χ0v) is 15.8. The molecule has 0 bridgehead atoms. The summed E-state index contributed by atoms with van der Waals surface area (Å²) < 4.78 is 5.60. The molecule has 0 aliphatic carbocycles. The van der Waals surface area contributed by atoms with Crippen LogP contribution in [0.5, 0.6) is 0 Å². The van der Waals surface area contributed by atoms with E-state index in [9.17, 15) is 4.79 Å². The highest BCUT2D eigenvalue weighted by atomic mass is 16.4. The van der Waals surface area contributed by atoms with Crippen LogP contribution >= 0.6 is 0 Å². The maximum Gasteiger partial charge on any atom is 0.322 e. The van der Waals surface area contributed by atoms with Gasteiger partial charge in [-0.3, -0.25) is 10.1 Å². The van der Waals surface area contributed by atoms with Gasteiger partial charge in [0.2, 0.25) is 11.8 Å². The lowest BCUT2D eigenvalue weighted by Crippen LogP contribution is -2.16. The van der Waals surface area contributed by atoms with Crippen molar-refractivity contribution in [2.75, 3.05) is 5.32 Å². The molecular weight excluding hydrogens is 326 g/mol. The first-order chi connectivity index (χ1) is 12.3. The SMILES string of the molecule is Cc1cc(C)c(CC(=O)Nc2nnc(-c3ccc(C)c(C)c3)o2)c(C)c1. The molecule has 3 rings (SSSR count). The lowest BCUT2D eigenvalue weighted by Gasteiger charge is -2.10. The second-order valence-corrected chi connectivity index (χ2v) is 6.81. The van der Waals surface area contributed by atoms with E-state index in [2.05, 4.69) is 34.6 Å². The van der Waals surface area contributed by atoms with Crippen LogP contribution in [0.3, 0.4) is 0 Å². The highest BCUT2D eigenvalue weighted by Crippen LogP contribution is 2.23. The predicted molar refractivity (Wildman–Crippen MR) is 102 cm³/mol. The number of nitrogens with zero attached hydrogens (tertiary/aromatic N) is 2. The molecule has 1 N–H and O–H groups in total. The number of benzene rings is 2. The quantitative estimate of drug-likeness (QED) is 0.755. The Morgan fingerprint density at radius 2 is 1.62 bits per heavy atom. The smallest absolute Gasteiger partial charge is 0.322 e. The van der Waals surface area contributed by atoms with E-state index in [-0.39, 0.29) is 18.3 Å². The summed E-state index contributed by atoms with van der Waals surface area (Å²) in [6.45, 7) is 10.2. The van der Waals surface area contributed by atoms with E-state index in [1.165, 1.54) is 11.1 Å². The Morgan fingerprint density at radius 3 is 2.27 bits per heavy atom. The van der Waals surface area contributed by atoms with Gasteiger partial charge in [-0.2, -0.15) is 0 Å². The first kappa shape index (κ1) is 17.9. The second kappa shape index (κ2) is 7.12. The molecule has 0 aliphatic heterocycles. The maximum absolute atomic E-state index is 12.4. The molecule has 134 valence electrons. The normalized spacial score (nSPS) is 10.8. The van der Waals surface area contributed by atoms with Gasteiger partial charge in [0, 0.05) is 5.56 Å². The Hall–Kier alpha value is -2.95. The molecule has 0 unspecified atom stereocenters. The maximum atomic E-state index is 12.4. The van der Waals surface area contributed by atoms with Gasteiger partial charge in [0.1, 0.15) is 0 Å². The minimum atomic E-state index is -0.171. The number of hydrogen-bond acceptors (Lipinski definition) is 4. The van der Waals surface area contributed by atoms with Crippen LogP contribution in [-0.2, 0) is 11.2 Å². The second-order valence-electron chi connectivity index (χ2n) is 6.81. The number of carbonyl (C=O) groups is 1. The molecular formula is C21H23N3O2. The zero-order valence-electron chi connectivity index (χ0n) is 15.8. The van der Waals surface area contributed by atoms with E-state index in [1.54, 1.807) is 0 Å². The van der Waals surface area contributed by atoms with E-state index in [1.807, 2.05) is 45.9 Å². The van der Waals surface area contributed by atoms with Gasteiger partial charge in [0.25, 0.3) is 0 Å². The Labute approximate surface area is 153 Å². The van der Waals surface area contributed by atoms with Crippen molar-refractivity contribution in [1.82, 2.24) is 10.2 Å². The Morgan fingerprint density at radius 1 is 0.923 bits per heavy atom. The third kappa shape index (κ3) is 3.82. The van der Waals surface area contributed by atoms with Crippen LogP contribution in [0.4, 0.5) is 6.01 Å². The fourth-order valence-corrected chi connectivity index (χ4v) is 3.08. The van der Waals surface area contributed by atoms with Crippen LogP contribution in [0.2, 0.25) is 0 Å². The van der Waals surface area contributed by atoms with E-state index in [0.717, 1.165) is 27.8 Å². The monoisotopic (exact) mass is 349 g/mol. The fourth-order valence-electron chi connectivity index (χ4n) is 3.08. The van der Waals surface area contributed by atoms with Gasteiger partial charge in [-0.15, -0.1) is 5.10 Å². The number of nitrogens with one attached hydrogen (secondary N) is 1. The molecule has 1 heterocycles. The third-order valence-corrected chi connectivity index (χ3v) is 4.60. The standard InChI is InChI=1S/C21H23N3O2/c1-12-8-15(4)18(16(5)9-12)11-19(25)22-21-24-23-20(26-21)17-7-6-13(2)14(3)10-17/h6-10H,11H2,1-5H3,(H,22,24,25). The summed E-state index contributed by atoms with van der Waals surface area (Å²) in [5.41, 5.74) is 7.63. The first-order valence-corrected chi connectivity index (χ1v) is 8.61. The molecule has 2 aromatic carbocycles. The number of rotatable bonds is 4. The Bertz CT molecular complexity index is 950. The minimum Gasteiger partial charge on any atom is -0.403 e. The van der Waals surface area contributed by atoms with Gasteiger partial charge in [-0.25, -0.2) is 0 Å². The summed E-state index contributed by atoms with van der Waals surface area (Å²) in [7, 11) is 0. The van der Waals surface area contributed by atoms with E-state index < -0.39 is 0 Å². The molecule has 0 aliphatic rings. The fraction of sp³-hybridized carbons (Fsp3) is 0.286. The molecule has 0 saturated heterocycles. The lowest BCUT2D eigenvalue weighted by atomic mass is 9.97. The van der Waals surface area contributed by atoms with Crippen molar-refractivity contribution in [3.05, 3.63) is 63.7 Å². The van der Waals surface area contributed by atoms with Crippen LogP contribution in [0.25, 0.3) is 11.5 Å². The molecule has 0 fully saturated rings. The van der Waals surface area contributed by atoms with Crippen molar-refractivity contribution in [2.24, 2.45) is 0 Å². The van der Waals surface area contributed by atoms with Crippen molar-refractivity contribution < 1.29 is 9.21 Å². The topological polar surface area (TPSA) is 68.0 Å². The summed E-state index contributed by atoms with van der Waals surface area (Å²) >= 11 is 0. The molecule has 0 atom stereocenters. The van der Waals surface area contributed by atoms with E-state index in [0.29, 0.717) is 5.89 Å². The molecule has 1 aromatic heterocycles. The number of aromatic nitrogens is 2. The van der Waals surface area contributed by atoms with Crippen LogP contribution in [0, 0.1) is 34.6 Å². The van der Waals surface area contributed by atoms with Crippen molar-refractivity contribution >= 4 is 11.9 Å². The molecule has 1 amide bonds. The molecule has 0 saturated carbocycles. The Balaban J connectivity index is 1.73. The number of anilines is 1. The summed E-state index contributed by atoms with van der Waals surface area (Å²) in [6, 6.07) is 10.2.